The summed E-state index contributed by atoms with van der Waals surface area (Å²) in [6.45, 7) is 0.758. The fourth-order valence-corrected chi connectivity index (χ4v) is 0.203. The molecule has 0 aliphatic rings. The molecule has 0 fully saturated rings. The van der Waals surface area contributed by atoms with Gasteiger partial charge < -0.3 is 10.2 Å². The van der Waals surface area contributed by atoms with Gasteiger partial charge in [0.05, 0.1) is 6.21 Å². The van der Waals surface area contributed by atoms with Crippen LogP contribution in [-0.2, 0) is 4.84 Å². The minimum absolute atomic E-state index is 0.758. The summed E-state index contributed by atoms with van der Waals surface area (Å²) in [4.78, 5) is 4.37. The van der Waals surface area contributed by atoms with Crippen LogP contribution in [0.5, 0.6) is 0 Å². The first-order chi connectivity index (χ1) is 3.41. The van der Waals surface area contributed by atoms with Crippen LogP contribution in [0.15, 0.2) is 5.16 Å². The van der Waals surface area contributed by atoms with E-state index in [2.05, 4.69) is 15.3 Å². The van der Waals surface area contributed by atoms with Crippen molar-refractivity contribution in [2.24, 2.45) is 5.16 Å². The summed E-state index contributed by atoms with van der Waals surface area (Å²) in [5, 5.41) is 6.35. The van der Waals surface area contributed by atoms with Gasteiger partial charge in [-0.3, -0.25) is 0 Å². The first-order valence-electron chi connectivity index (χ1n) is 2.11. The quantitative estimate of drug-likeness (QED) is 0.397. The summed E-state index contributed by atoms with van der Waals surface area (Å²) in [6, 6.07) is 0. The summed E-state index contributed by atoms with van der Waals surface area (Å²) in [6.07, 6.45) is 1.65. The molecule has 0 aromatic heterocycles. The fourth-order valence-electron chi connectivity index (χ4n) is 0.203. The Morgan fingerprint density at radius 2 is 2.57 bits per heavy atom. The van der Waals surface area contributed by atoms with E-state index in [0.29, 0.717) is 0 Å². The maximum atomic E-state index is 4.37. The van der Waals surface area contributed by atoms with Crippen molar-refractivity contribution < 1.29 is 4.84 Å². The van der Waals surface area contributed by atoms with E-state index in [1.165, 1.54) is 7.11 Å². The monoisotopic (exact) mass is 102 g/mol. The molecule has 3 nitrogen and oxygen atoms in total. The summed E-state index contributed by atoms with van der Waals surface area (Å²) >= 11 is 0. The van der Waals surface area contributed by atoms with E-state index in [9.17, 15) is 0 Å². The second-order valence-electron chi connectivity index (χ2n) is 1.03. The van der Waals surface area contributed by atoms with Crippen LogP contribution in [0.1, 0.15) is 0 Å². The molecule has 0 aliphatic carbocycles. The van der Waals surface area contributed by atoms with Gasteiger partial charge in [-0.2, -0.15) is 0 Å². The van der Waals surface area contributed by atoms with Crippen molar-refractivity contribution in [3.8, 4) is 0 Å². The minimum Gasteiger partial charge on any atom is -0.399 e. The van der Waals surface area contributed by atoms with Crippen LogP contribution in [0.2, 0.25) is 0 Å². The van der Waals surface area contributed by atoms with Crippen molar-refractivity contribution >= 4 is 6.21 Å². The Hall–Kier alpha value is -0.570. The smallest absolute Gasteiger partial charge is 0.106 e. The molecule has 0 heterocycles. The largest absolute Gasteiger partial charge is 0.399 e. The van der Waals surface area contributed by atoms with Crippen molar-refractivity contribution in [3.05, 3.63) is 0 Å². The second-order valence-corrected chi connectivity index (χ2v) is 1.03. The topological polar surface area (TPSA) is 33.6 Å². The Bertz CT molecular complexity index is 53.7. The fraction of sp³-hybridized carbons (Fsp3) is 0.750. The number of hydrogen-bond acceptors (Lipinski definition) is 3. The molecule has 0 atom stereocenters. The van der Waals surface area contributed by atoms with E-state index in [4.69, 9.17) is 0 Å². The van der Waals surface area contributed by atoms with E-state index in [0.717, 1.165) is 6.54 Å². The van der Waals surface area contributed by atoms with Crippen molar-refractivity contribution in [3.63, 3.8) is 0 Å². The third-order valence-electron chi connectivity index (χ3n) is 0.475. The van der Waals surface area contributed by atoms with Gasteiger partial charge in [0.15, 0.2) is 0 Å². The maximum Gasteiger partial charge on any atom is 0.106 e. The molecular weight excluding hydrogens is 92.1 g/mol. The molecule has 3 heteroatoms. The van der Waals surface area contributed by atoms with Gasteiger partial charge in [-0.1, -0.05) is 5.16 Å². The van der Waals surface area contributed by atoms with Crippen molar-refractivity contribution in [1.82, 2.24) is 5.32 Å². The first kappa shape index (κ1) is 6.43. The van der Waals surface area contributed by atoms with E-state index < -0.39 is 0 Å². The molecule has 1 N–H and O–H groups in total. The molecule has 0 aromatic carbocycles. The molecule has 0 radical (unpaired) electrons. The third-order valence-corrected chi connectivity index (χ3v) is 0.475. The van der Waals surface area contributed by atoms with Gasteiger partial charge in [-0.05, 0) is 7.05 Å². The van der Waals surface area contributed by atoms with Gasteiger partial charge in [0.25, 0.3) is 0 Å². The standard InChI is InChI=1S/C4H10N2O/c1-5-3-4-6-7-2/h4-5H,3H2,1-2H3. The average molecular weight is 102 g/mol. The lowest BCUT2D eigenvalue weighted by Gasteiger charge is -1.84. The van der Waals surface area contributed by atoms with Crippen molar-refractivity contribution in [1.29, 1.82) is 0 Å². The lowest BCUT2D eigenvalue weighted by Crippen LogP contribution is -2.08. The highest BCUT2D eigenvalue weighted by Crippen LogP contribution is 1.59. The predicted molar refractivity (Wildman–Crippen MR) is 29.4 cm³/mol. The van der Waals surface area contributed by atoms with Gasteiger partial charge >= 0.3 is 0 Å². The van der Waals surface area contributed by atoms with E-state index in [-0.39, 0.29) is 0 Å². The van der Waals surface area contributed by atoms with Crippen LogP contribution in [-0.4, -0.2) is 26.9 Å². The Morgan fingerprint density at radius 1 is 1.86 bits per heavy atom. The van der Waals surface area contributed by atoms with E-state index in [1.54, 1.807) is 6.21 Å². The Labute approximate surface area is 43.3 Å². The van der Waals surface area contributed by atoms with Crippen LogP contribution < -0.4 is 5.32 Å². The Morgan fingerprint density at radius 3 is 3.00 bits per heavy atom. The molecule has 0 amide bonds. The summed E-state index contributed by atoms with van der Waals surface area (Å²) in [5.74, 6) is 0. The Balaban J connectivity index is 2.78. The normalized spacial score (nSPS) is 10.0. The number of nitrogens with one attached hydrogen (secondary N) is 1. The minimum atomic E-state index is 0.758. The van der Waals surface area contributed by atoms with Gasteiger partial charge in [0, 0.05) is 6.54 Å². The maximum absolute atomic E-state index is 4.37. The lowest BCUT2D eigenvalue weighted by atomic mass is 10.7. The molecule has 7 heavy (non-hydrogen) atoms. The summed E-state index contributed by atoms with van der Waals surface area (Å²) < 4.78 is 0. The Kier molecular flexibility index (Phi) is 4.99. The van der Waals surface area contributed by atoms with Crippen LogP contribution in [0.4, 0.5) is 0 Å². The molecule has 0 spiro atoms. The first-order valence-corrected chi connectivity index (χ1v) is 2.11. The lowest BCUT2D eigenvalue weighted by molar-refractivity contribution is 0.215. The highest BCUT2D eigenvalue weighted by molar-refractivity contribution is 5.58. The zero-order chi connectivity index (χ0) is 5.54. The van der Waals surface area contributed by atoms with Gasteiger partial charge in [0.1, 0.15) is 7.11 Å². The van der Waals surface area contributed by atoms with Crippen LogP contribution in [0, 0.1) is 0 Å². The molecule has 0 bridgehead atoms. The number of nitrogens with zero attached hydrogens (tertiary/aromatic N) is 1. The summed E-state index contributed by atoms with van der Waals surface area (Å²) in [5.41, 5.74) is 0. The highest BCUT2D eigenvalue weighted by Gasteiger charge is 1.66. The van der Waals surface area contributed by atoms with Gasteiger partial charge in [-0.25, -0.2) is 0 Å². The third kappa shape index (κ3) is 5.43. The van der Waals surface area contributed by atoms with Crippen LogP contribution >= 0.6 is 0 Å². The zero-order valence-electron chi connectivity index (χ0n) is 4.64. The van der Waals surface area contributed by atoms with Crippen molar-refractivity contribution in [2.45, 2.75) is 0 Å². The SMILES string of the molecule is CNCC=NOC. The second kappa shape index (κ2) is 5.43. The average Bonchev–Trinajstić information content (AvgIpc) is 1.69. The van der Waals surface area contributed by atoms with Crippen LogP contribution in [0.3, 0.4) is 0 Å². The molecule has 0 rings (SSSR count). The predicted octanol–water partition coefficient (Wildman–Crippen LogP) is -0.162. The van der Waals surface area contributed by atoms with Gasteiger partial charge in [-0.15, -0.1) is 0 Å². The van der Waals surface area contributed by atoms with Gasteiger partial charge in [0.2, 0.25) is 0 Å². The number of rotatable bonds is 3. The van der Waals surface area contributed by atoms with E-state index >= 15 is 0 Å². The molecule has 0 unspecified atom stereocenters. The molecule has 42 valence electrons. The molecule has 0 saturated heterocycles. The van der Waals surface area contributed by atoms with Crippen LogP contribution in [0.25, 0.3) is 0 Å². The molecule has 0 aliphatic heterocycles. The van der Waals surface area contributed by atoms with E-state index in [1.807, 2.05) is 7.05 Å². The van der Waals surface area contributed by atoms with Crippen molar-refractivity contribution in [2.75, 3.05) is 20.7 Å². The number of hydrogen-bond donors (Lipinski definition) is 1. The molecule has 0 aromatic rings. The molecule has 0 saturated carbocycles. The highest BCUT2D eigenvalue weighted by atomic mass is 16.6. The summed E-state index contributed by atoms with van der Waals surface area (Å²) in [7, 11) is 3.37. The number of oxime groups is 1. The zero-order valence-corrected chi connectivity index (χ0v) is 4.64. The molecular formula is C4H10N2O.